The van der Waals surface area contributed by atoms with Crippen LogP contribution in [0.1, 0.15) is 37.7 Å². The van der Waals surface area contributed by atoms with Gasteiger partial charge in [-0.25, -0.2) is 14.6 Å². The summed E-state index contributed by atoms with van der Waals surface area (Å²) in [5, 5.41) is 2.68. The van der Waals surface area contributed by atoms with Gasteiger partial charge in [0.1, 0.15) is 6.10 Å². The molecule has 3 atom stereocenters. The molecule has 1 saturated carbocycles. The van der Waals surface area contributed by atoms with E-state index >= 15 is 0 Å². The Labute approximate surface area is 249 Å². The quantitative estimate of drug-likeness (QED) is 0.335. The maximum Gasteiger partial charge on any atom is 0.407 e. The van der Waals surface area contributed by atoms with Crippen molar-refractivity contribution in [1.29, 1.82) is 0 Å². The van der Waals surface area contributed by atoms with Crippen LogP contribution in [-0.4, -0.2) is 66.4 Å². The van der Waals surface area contributed by atoms with Crippen molar-refractivity contribution in [1.82, 2.24) is 19.8 Å². The van der Waals surface area contributed by atoms with Crippen molar-refractivity contribution in [3.05, 3.63) is 90.3 Å². The fourth-order valence-electron chi connectivity index (χ4n) is 8.00. The lowest BCUT2D eigenvalue weighted by atomic mass is 9.58. The Bertz CT molecular complexity index is 1340. The molecule has 3 heterocycles. The first-order valence-corrected chi connectivity index (χ1v) is 15.4. The second-order valence-corrected chi connectivity index (χ2v) is 12.3. The first-order chi connectivity index (χ1) is 20.6. The van der Waals surface area contributed by atoms with Gasteiger partial charge in [-0.3, -0.25) is 0 Å². The minimum Gasteiger partial charge on any atom is -0.446 e. The van der Waals surface area contributed by atoms with Gasteiger partial charge in [0.15, 0.2) is 5.69 Å². The van der Waals surface area contributed by atoms with Gasteiger partial charge in [-0.15, -0.1) is 0 Å². The molecule has 0 spiro atoms. The number of likely N-dealkylation sites (tertiary alicyclic amines) is 1. The van der Waals surface area contributed by atoms with E-state index in [1.807, 2.05) is 24.7 Å². The summed E-state index contributed by atoms with van der Waals surface area (Å²) in [7, 11) is 1.64. The average molecular weight is 567 g/mol. The van der Waals surface area contributed by atoms with Crippen LogP contribution in [0.5, 0.6) is 0 Å². The van der Waals surface area contributed by atoms with Crippen LogP contribution in [0.25, 0.3) is 4.85 Å². The van der Waals surface area contributed by atoms with E-state index in [-0.39, 0.29) is 23.5 Å². The summed E-state index contributed by atoms with van der Waals surface area (Å²) < 4.78 is 8.30. The Balaban J connectivity index is 1.18. The highest BCUT2D eigenvalue weighted by atomic mass is 16.6. The van der Waals surface area contributed by atoms with Gasteiger partial charge in [-0.05, 0) is 68.8 Å². The molecule has 1 unspecified atom stereocenters. The topological polar surface area (TPSA) is 67.0 Å². The van der Waals surface area contributed by atoms with Crippen LogP contribution < -0.4 is 10.2 Å². The lowest BCUT2D eigenvalue weighted by molar-refractivity contribution is 0.00204. The Morgan fingerprint density at radius 1 is 1.07 bits per heavy atom. The Morgan fingerprint density at radius 2 is 1.83 bits per heavy atom. The number of piperidine rings is 1. The number of hydrogen-bond acceptors (Lipinski definition) is 5. The van der Waals surface area contributed by atoms with E-state index < -0.39 is 0 Å². The zero-order valence-electron chi connectivity index (χ0n) is 24.6. The molecule has 3 fully saturated rings. The number of imidazole rings is 1. The van der Waals surface area contributed by atoms with E-state index in [9.17, 15) is 4.79 Å². The highest BCUT2D eigenvalue weighted by Crippen LogP contribution is 2.52. The van der Waals surface area contributed by atoms with Gasteiger partial charge in [0.25, 0.3) is 0 Å². The third-order valence-electron chi connectivity index (χ3n) is 10.0. The SMILES string of the molecule is [C-]#[N+]c1ccc(N2CC(CN3CCC(C(Cn4ccnc4)(c4ccccc4)[C@H]4CCC[C@@H]4OC(=O)NC)CC3)C2)cc1. The summed E-state index contributed by atoms with van der Waals surface area (Å²) in [5.41, 5.74) is 3.11. The van der Waals surface area contributed by atoms with E-state index in [1.54, 1.807) is 7.05 Å². The summed E-state index contributed by atoms with van der Waals surface area (Å²) in [5.74, 6) is 1.38. The summed E-state index contributed by atoms with van der Waals surface area (Å²) in [6.07, 6.45) is 10.7. The van der Waals surface area contributed by atoms with Crippen LogP contribution in [0.15, 0.2) is 73.3 Å². The Morgan fingerprint density at radius 3 is 2.50 bits per heavy atom. The van der Waals surface area contributed by atoms with Crippen molar-refractivity contribution in [2.45, 2.75) is 50.2 Å². The monoisotopic (exact) mass is 566 g/mol. The molecule has 3 aliphatic rings. The van der Waals surface area contributed by atoms with Crippen molar-refractivity contribution in [2.24, 2.45) is 17.8 Å². The molecule has 1 N–H and O–H groups in total. The first kappa shape index (κ1) is 28.3. The van der Waals surface area contributed by atoms with Crippen LogP contribution in [0.3, 0.4) is 0 Å². The number of hydrogen-bond donors (Lipinski definition) is 1. The third-order valence-corrected chi connectivity index (χ3v) is 10.0. The number of nitrogens with one attached hydrogen (secondary N) is 1. The number of carbonyl (C=O) groups is 1. The molecule has 2 saturated heterocycles. The largest absolute Gasteiger partial charge is 0.446 e. The summed E-state index contributed by atoms with van der Waals surface area (Å²) >= 11 is 0. The van der Waals surface area contributed by atoms with Gasteiger partial charge in [0, 0.05) is 68.6 Å². The van der Waals surface area contributed by atoms with Crippen LogP contribution in [-0.2, 0) is 16.7 Å². The Hall–Kier alpha value is -3.83. The van der Waals surface area contributed by atoms with Crippen molar-refractivity contribution in [2.75, 3.05) is 44.7 Å². The maximum absolute atomic E-state index is 12.4. The fourth-order valence-corrected chi connectivity index (χ4v) is 8.00. The number of anilines is 1. The number of nitrogens with zero attached hydrogens (tertiary/aromatic N) is 5. The second kappa shape index (κ2) is 12.6. The van der Waals surface area contributed by atoms with E-state index in [1.165, 1.54) is 11.3 Å². The molecule has 8 nitrogen and oxygen atoms in total. The predicted octanol–water partition coefficient (Wildman–Crippen LogP) is 5.74. The molecule has 3 aromatic rings. The number of aromatic nitrogens is 2. The van der Waals surface area contributed by atoms with Crippen molar-refractivity contribution in [3.8, 4) is 0 Å². The zero-order valence-corrected chi connectivity index (χ0v) is 24.6. The smallest absolute Gasteiger partial charge is 0.407 e. The van der Waals surface area contributed by atoms with Gasteiger partial charge in [-0.1, -0.05) is 42.5 Å². The molecule has 2 aromatic carbocycles. The summed E-state index contributed by atoms with van der Waals surface area (Å²) in [4.78, 5) is 25.4. The lowest BCUT2D eigenvalue weighted by Gasteiger charge is -2.51. The highest BCUT2D eigenvalue weighted by Gasteiger charge is 2.53. The van der Waals surface area contributed by atoms with E-state index in [0.29, 0.717) is 17.5 Å². The minimum atomic E-state index is -0.330. The number of carbonyl (C=O) groups excluding carboxylic acids is 1. The molecule has 0 radical (unpaired) electrons. The van der Waals surface area contributed by atoms with Crippen molar-refractivity contribution in [3.63, 3.8) is 0 Å². The standard InChI is InChI=1S/C34H42N6O2/c1-35-29-11-13-30(14-12-29)40-22-26(23-40)21-38-18-15-28(16-19-38)34(24-39-20-17-37-25-39,27-7-4-3-5-8-27)31-9-6-10-32(31)42-33(41)36-2/h3-5,7-8,11-14,17,20,25-26,28,31-32H,6,9-10,15-16,18-19,21-24H2,2H3,(H,36,41)/t31-,32-,34?/m0/s1. The normalized spacial score (nSPS) is 23.1. The molecule has 0 bridgehead atoms. The summed E-state index contributed by atoms with van der Waals surface area (Å²) in [6, 6.07) is 19.0. The van der Waals surface area contributed by atoms with Gasteiger partial charge in [0.2, 0.25) is 0 Å². The van der Waals surface area contributed by atoms with E-state index in [4.69, 9.17) is 11.3 Å². The molecular weight excluding hydrogens is 524 g/mol. The molecule has 2 aliphatic heterocycles. The molecule has 1 aromatic heterocycles. The molecule has 8 heteroatoms. The van der Waals surface area contributed by atoms with Crippen molar-refractivity contribution < 1.29 is 9.53 Å². The number of ether oxygens (including phenoxy) is 1. The van der Waals surface area contributed by atoms with Crippen LogP contribution >= 0.6 is 0 Å². The zero-order chi connectivity index (χ0) is 28.9. The van der Waals surface area contributed by atoms with Gasteiger partial charge in [0.05, 0.1) is 12.9 Å². The third kappa shape index (κ3) is 5.76. The van der Waals surface area contributed by atoms with Crippen LogP contribution in [0, 0.1) is 24.3 Å². The Kier molecular flexibility index (Phi) is 8.48. The highest BCUT2D eigenvalue weighted by molar-refractivity contribution is 5.67. The van der Waals surface area contributed by atoms with Gasteiger partial charge < -0.3 is 24.4 Å². The van der Waals surface area contributed by atoms with Crippen molar-refractivity contribution >= 4 is 17.5 Å². The first-order valence-electron chi connectivity index (χ1n) is 15.4. The molecule has 1 aliphatic carbocycles. The fraction of sp³-hybridized carbons (Fsp3) is 0.500. The van der Waals surface area contributed by atoms with E-state index in [2.05, 4.69) is 78.2 Å². The average Bonchev–Trinajstić information content (AvgIpc) is 3.71. The molecule has 220 valence electrons. The van der Waals surface area contributed by atoms with Crippen LogP contribution in [0.4, 0.5) is 16.2 Å². The lowest BCUT2D eigenvalue weighted by Crippen LogP contribution is -2.55. The molecule has 6 rings (SSSR count). The second-order valence-electron chi connectivity index (χ2n) is 12.3. The minimum absolute atomic E-state index is 0.100. The number of amides is 1. The van der Waals surface area contributed by atoms with Crippen LogP contribution in [0.2, 0.25) is 0 Å². The molecule has 42 heavy (non-hydrogen) atoms. The number of benzene rings is 2. The van der Waals surface area contributed by atoms with Gasteiger partial charge >= 0.3 is 6.09 Å². The number of rotatable bonds is 9. The van der Waals surface area contributed by atoms with Gasteiger partial charge in [-0.2, -0.15) is 0 Å². The number of alkyl carbamates (subject to hydrolysis) is 1. The maximum atomic E-state index is 12.4. The summed E-state index contributed by atoms with van der Waals surface area (Å²) in [6.45, 7) is 13.5. The van der Waals surface area contributed by atoms with E-state index in [0.717, 1.165) is 71.4 Å². The molecular formula is C34H42N6O2. The molecule has 1 amide bonds. The predicted molar refractivity (Wildman–Crippen MR) is 165 cm³/mol.